The average Bonchev–Trinajstić information content (AvgIpc) is 2.40. The first-order valence-electron chi connectivity index (χ1n) is 5.41. The van der Waals surface area contributed by atoms with Crippen molar-refractivity contribution in [3.05, 3.63) is 66.2 Å². The predicted molar refractivity (Wildman–Crippen MR) is 75.1 cm³/mol. The summed E-state index contributed by atoms with van der Waals surface area (Å²) < 4.78 is 0. The Kier molecular flexibility index (Phi) is 3.89. The number of hydrogen-bond acceptors (Lipinski definition) is 1. The molecule has 0 aromatic heterocycles. The zero-order valence-corrected chi connectivity index (χ0v) is 10.5. The van der Waals surface area contributed by atoms with Crippen molar-refractivity contribution in [1.29, 1.82) is 0 Å². The molecule has 0 aliphatic heterocycles. The number of Topliss-reactive ketones (excluding diaryl/α,β-unsaturated/α-hetero) is 1. The van der Waals surface area contributed by atoms with Crippen LogP contribution in [-0.2, 0) is 0 Å². The van der Waals surface area contributed by atoms with Gasteiger partial charge in [0.15, 0.2) is 5.78 Å². The zero-order valence-electron chi connectivity index (χ0n) is 9.67. The van der Waals surface area contributed by atoms with Crippen molar-refractivity contribution in [2.24, 2.45) is 0 Å². The number of benzene rings is 2. The SMILES string of the molecule is C/S(=C\C(=O)c1ccccc1)c1ccccc1. The molecule has 1 atom stereocenters. The van der Waals surface area contributed by atoms with Gasteiger partial charge < -0.3 is 0 Å². The summed E-state index contributed by atoms with van der Waals surface area (Å²) >= 11 is 0. The molecule has 2 heteroatoms. The highest BCUT2D eigenvalue weighted by Gasteiger charge is 2.02. The van der Waals surface area contributed by atoms with Gasteiger partial charge in [0, 0.05) is 15.8 Å². The maximum atomic E-state index is 12.0. The normalized spacial score (nSPS) is 12.3. The molecule has 2 aromatic carbocycles. The highest BCUT2D eigenvalue weighted by atomic mass is 32.2. The van der Waals surface area contributed by atoms with E-state index in [1.807, 2.05) is 48.5 Å². The summed E-state index contributed by atoms with van der Waals surface area (Å²) in [4.78, 5) is 13.2. The van der Waals surface area contributed by atoms with Gasteiger partial charge >= 0.3 is 0 Å². The monoisotopic (exact) mass is 242 g/mol. The van der Waals surface area contributed by atoms with Crippen molar-refractivity contribution in [2.75, 3.05) is 6.26 Å². The van der Waals surface area contributed by atoms with Crippen LogP contribution in [0.2, 0.25) is 0 Å². The van der Waals surface area contributed by atoms with E-state index in [0.29, 0.717) is 0 Å². The second kappa shape index (κ2) is 5.60. The Morgan fingerprint density at radius 2 is 1.47 bits per heavy atom. The fourth-order valence-corrected chi connectivity index (χ4v) is 2.71. The lowest BCUT2D eigenvalue weighted by Crippen LogP contribution is -1.99. The molecule has 0 N–H and O–H groups in total. The lowest BCUT2D eigenvalue weighted by Gasteiger charge is -2.02. The van der Waals surface area contributed by atoms with Crippen LogP contribution in [0.5, 0.6) is 0 Å². The molecule has 0 fully saturated rings. The quantitative estimate of drug-likeness (QED) is 0.593. The van der Waals surface area contributed by atoms with Crippen LogP contribution in [-0.4, -0.2) is 17.4 Å². The second-order valence-corrected chi connectivity index (χ2v) is 5.54. The van der Waals surface area contributed by atoms with E-state index in [1.54, 1.807) is 5.37 Å². The van der Waals surface area contributed by atoms with Crippen LogP contribution < -0.4 is 0 Å². The Bertz CT molecular complexity index is 529. The highest BCUT2D eigenvalue weighted by molar-refractivity contribution is 8.15. The number of carbonyl (C=O) groups excluding carboxylic acids is 1. The summed E-state index contributed by atoms with van der Waals surface area (Å²) in [5, 5.41) is 1.80. The van der Waals surface area contributed by atoms with Crippen LogP contribution >= 0.6 is 10.5 Å². The van der Waals surface area contributed by atoms with Gasteiger partial charge in [0.25, 0.3) is 0 Å². The number of hydrogen-bond donors (Lipinski definition) is 0. The third-order valence-corrected chi connectivity index (χ3v) is 4.04. The van der Waals surface area contributed by atoms with Crippen molar-refractivity contribution in [3.63, 3.8) is 0 Å². The molecule has 0 heterocycles. The Hall–Kier alpha value is -1.67. The van der Waals surface area contributed by atoms with Crippen molar-refractivity contribution in [1.82, 2.24) is 0 Å². The molecule has 0 spiro atoms. The molecule has 86 valence electrons. The molecule has 2 aromatic rings. The Labute approximate surface area is 104 Å². The maximum absolute atomic E-state index is 12.0. The van der Waals surface area contributed by atoms with Crippen molar-refractivity contribution in [2.45, 2.75) is 4.90 Å². The smallest absolute Gasteiger partial charge is 0.191 e. The standard InChI is InChI=1S/C15H14OS/c1-17(14-10-6-3-7-11-14)12-15(16)13-8-4-2-5-9-13/h2-12H,1H3. The molecule has 0 saturated heterocycles. The van der Waals surface area contributed by atoms with Gasteiger partial charge in [0.1, 0.15) is 0 Å². The number of rotatable bonds is 3. The first-order valence-corrected chi connectivity index (χ1v) is 7.11. The molecule has 1 unspecified atom stereocenters. The Morgan fingerprint density at radius 1 is 0.941 bits per heavy atom. The maximum Gasteiger partial charge on any atom is 0.191 e. The van der Waals surface area contributed by atoms with Gasteiger partial charge in [-0.15, -0.1) is 0 Å². The van der Waals surface area contributed by atoms with Crippen LogP contribution in [0.15, 0.2) is 65.6 Å². The average molecular weight is 242 g/mol. The number of ketones is 1. The molecule has 0 bridgehead atoms. The van der Waals surface area contributed by atoms with Gasteiger partial charge in [-0.3, -0.25) is 4.79 Å². The summed E-state index contributed by atoms with van der Waals surface area (Å²) in [6.45, 7) is 0. The number of carbonyl (C=O) groups is 1. The fraction of sp³-hybridized carbons (Fsp3) is 0.0667. The van der Waals surface area contributed by atoms with Crippen molar-refractivity contribution in [3.8, 4) is 0 Å². The van der Waals surface area contributed by atoms with E-state index in [2.05, 4.69) is 18.4 Å². The van der Waals surface area contributed by atoms with E-state index in [-0.39, 0.29) is 16.3 Å². The minimum atomic E-state index is -0.139. The van der Waals surface area contributed by atoms with Crippen molar-refractivity contribution < 1.29 is 4.79 Å². The Balaban J connectivity index is 2.24. The summed E-state index contributed by atoms with van der Waals surface area (Å²) in [5.74, 6) is 0.0975. The third-order valence-electron chi connectivity index (χ3n) is 2.46. The summed E-state index contributed by atoms with van der Waals surface area (Å²) in [6.07, 6.45) is 2.07. The largest absolute Gasteiger partial charge is 0.289 e. The molecular formula is C15H14OS. The van der Waals surface area contributed by atoms with E-state index >= 15 is 0 Å². The van der Waals surface area contributed by atoms with E-state index < -0.39 is 0 Å². The predicted octanol–water partition coefficient (Wildman–Crippen LogP) is 3.63. The molecule has 0 amide bonds. The minimum Gasteiger partial charge on any atom is -0.289 e. The van der Waals surface area contributed by atoms with Gasteiger partial charge in [0.05, 0.1) is 0 Å². The van der Waals surface area contributed by atoms with Crippen molar-refractivity contribution >= 4 is 21.6 Å². The lowest BCUT2D eigenvalue weighted by atomic mass is 10.2. The summed E-state index contributed by atoms with van der Waals surface area (Å²) in [7, 11) is -0.139. The van der Waals surface area contributed by atoms with E-state index in [9.17, 15) is 4.79 Å². The van der Waals surface area contributed by atoms with E-state index in [4.69, 9.17) is 0 Å². The highest BCUT2D eigenvalue weighted by Crippen LogP contribution is 2.21. The van der Waals surface area contributed by atoms with Gasteiger partial charge in [-0.2, -0.15) is 10.5 Å². The Morgan fingerprint density at radius 3 is 2.06 bits per heavy atom. The van der Waals surface area contributed by atoms with Gasteiger partial charge in [0.2, 0.25) is 0 Å². The zero-order chi connectivity index (χ0) is 12.1. The molecule has 0 aliphatic rings. The lowest BCUT2D eigenvalue weighted by molar-refractivity contribution is 0.107. The molecular weight excluding hydrogens is 228 g/mol. The van der Waals surface area contributed by atoms with Crippen LogP contribution in [0, 0.1) is 0 Å². The molecule has 1 nitrogen and oxygen atoms in total. The summed E-state index contributed by atoms with van der Waals surface area (Å²) in [6, 6.07) is 19.5. The third kappa shape index (κ3) is 3.14. The minimum absolute atomic E-state index is 0.0975. The fourth-order valence-electron chi connectivity index (χ4n) is 1.53. The molecule has 2 rings (SSSR count). The van der Waals surface area contributed by atoms with Gasteiger partial charge in [-0.05, 0) is 18.4 Å². The first kappa shape index (κ1) is 11.8. The molecule has 0 aliphatic carbocycles. The molecule has 0 radical (unpaired) electrons. The van der Waals surface area contributed by atoms with Gasteiger partial charge in [-0.25, -0.2) is 0 Å². The summed E-state index contributed by atoms with van der Waals surface area (Å²) in [5.41, 5.74) is 0.753. The topological polar surface area (TPSA) is 17.1 Å². The first-order chi connectivity index (χ1) is 8.27. The van der Waals surface area contributed by atoms with Crippen LogP contribution in [0.4, 0.5) is 0 Å². The van der Waals surface area contributed by atoms with E-state index in [1.165, 1.54) is 4.90 Å². The van der Waals surface area contributed by atoms with E-state index in [0.717, 1.165) is 5.56 Å². The van der Waals surface area contributed by atoms with Crippen LogP contribution in [0.1, 0.15) is 10.4 Å². The second-order valence-electron chi connectivity index (χ2n) is 3.72. The van der Waals surface area contributed by atoms with Crippen LogP contribution in [0.3, 0.4) is 0 Å². The van der Waals surface area contributed by atoms with Gasteiger partial charge in [-0.1, -0.05) is 48.5 Å². The molecule has 17 heavy (non-hydrogen) atoms. The molecule has 0 saturated carbocycles. The van der Waals surface area contributed by atoms with Crippen LogP contribution in [0.25, 0.3) is 0 Å².